The molecule has 0 saturated carbocycles. The number of carbonyl (C=O) groups excluding carboxylic acids is 2. The summed E-state index contributed by atoms with van der Waals surface area (Å²) >= 11 is 0. The molecule has 5 heteroatoms. The number of nitrogens with one attached hydrogen (secondary N) is 1. The van der Waals surface area contributed by atoms with E-state index in [1.165, 1.54) is 24.1 Å². The number of amides is 1. The Balaban J connectivity index is 2.85. The average Bonchev–Trinajstić information content (AvgIpc) is 2.49. The van der Waals surface area contributed by atoms with Gasteiger partial charge in [-0.3, -0.25) is 14.3 Å². The summed E-state index contributed by atoms with van der Waals surface area (Å²) in [6.07, 6.45) is 2.86. The second-order valence-electron chi connectivity index (χ2n) is 2.31. The van der Waals surface area contributed by atoms with Gasteiger partial charge in [-0.1, -0.05) is 0 Å². The molecule has 12 heavy (non-hydrogen) atoms. The Morgan fingerprint density at radius 2 is 2.25 bits per heavy atom. The first-order chi connectivity index (χ1) is 5.65. The van der Waals surface area contributed by atoms with Crippen LogP contribution in [0.25, 0.3) is 0 Å². The maximum Gasteiger partial charge on any atom is 0.292 e. The van der Waals surface area contributed by atoms with Gasteiger partial charge in [0, 0.05) is 20.3 Å². The van der Waals surface area contributed by atoms with Crippen LogP contribution in [0.2, 0.25) is 0 Å². The lowest BCUT2D eigenvalue weighted by Crippen LogP contribution is -2.27. The third-order valence-electron chi connectivity index (χ3n) is 1.40. The SMILES string of the molecule is CNC(=O)C(=O)c1cnn(C)c1. The number of aryl methyl sites for hydroxylation is 1. The molecule has 0 radical (unpaired) electrons. The number of nitrogens with zero attached hydrogens (tertiary/aromatic N) is 2. The maximum absolute atomic E-state index is 11.1. The predicted octanol–water partition coefficient (Wildman–Crippen LogP) is -0.651. The first-order valence-electron chi connectivity index (χ1n) is 3.40. The van der Waals surface area contributed by atoms with Crippen molar-refractivity contribution in [2.45, 2.75) is 0 Å². The van der Waals surface area contributed by atoms with E-state index in [1.807, 2.05) is 0 Å². The molecule has 1 aromatic heterocycles. The molecule has 0 fully saturated rings. The van der Waals surface area contributed by atoms with Crippen LogP contribution in [0.5, 0.6) is 0 Å². The highest BCUT2D eigenvalue weighted by Gasteiger charge is 2.15. The molecule has 0 aliphatic rings. The Kier molecular flexibility index (Phi) is 2.23. The number of hydrogen-bond acceptors (Lipinski definition) is 3. The standard InChI is InChI=1S/C7H9N3O2/c1-8-7(12)6(11)5-3-9-10(2)4-5/h3-4H,1-2H3,(H,8,12). The Morgan fingerprint density at radius 3 is 2.67 bits per heavy atom. The first-order valence-corrected chi connectivity index (χ1v) is 3.40. The zero-order valence-electron chi connectivity index (χ0n) is 6.87. The Hall–Kier alpha value is -1.65. The van der Waals surface area contributed by atoms with Gasteiger partial charge in [-0.15, -0.1) is 0 Å². The van der Waals surface area contributed by atoms with Crippen LogP contribution in [0, 0.1) is 0 Å². The zero-order valence-corrected chi connectivity index (χ0v) is 6.87. The van der Waals surface area contributed by atoms with Crippen molar-refractivity contribution in [3.63, 3.8) is 0 Å². The fourth-order valence-electron chi connectivity index (χ4n) is 0.783. The van der Waals surface area contributed by atoms with Gasteiger partial charge >= 0.3 is 0 Å². The molecule has 64 valence electrons. The third kappa shape index (κ3) is 1.50. The topological polar surface area (TPSA) is 64.0 Å². The molecule has 1 N–H and O–H groups in total. The van der Waals surface area contributed by atoms with E-state index in [0.29, 0.717) is 5.56 Å². The smallest absolute Gasteiger partial charge is 0.292 e. The number of rotatable bonds is 2. The molecular weight excluding hydrogens is 158 g/mol. The summed E-state index contributed by atoms with van der Waals surface area (Å²) in [6, 6.07) is 0. The number of aromatic nitrogens is 2. The van der Waals surface area contributed by atoms with Crippen molar-refractivity contribution in [3.8, 4) is 0 Å². The van der Waals surface area contributed by atoms with E-state index in [1.54, 1.807) is 7.05 Å². The van der Waals surface area contributed by atoms with Crippen LogP contribution in [0.4, 0.5) is 0 Å². The maximum atomic E-state index is 11.1. The van der Waals surface area contributed by atoms with Crippen LogP contribution in [0.15, 0.2) is 12.4 Å². The van der Waals surface area contributed by atoms with Crippen molar-refractivity contribution < 1.29 is 9.59 Å². The summed E-state index contributed by atoms with van der Waals surface area (Å²) in [5.74, 6) is -1.19. The van der Waals surface area contributed by atoms with E-state index in [-0.39, 0.29) is 0 Å². The summed E-state index contributed by atoms with van der Waals surface area (Å²) in [4.78, 5) is 21.9. The molecule has 0 bridgehead atoms. The molecule has 1 amide bonds. The lowest BCUT2D eigenvalue weighted by Gasteiger charge is -1.93. The number of hydrogen-bond donors (Lipinski definition) is 1. The van der Waals surface area contributed by atoms with Crippen molar-refractivity contribution in [1.29, 1.82) is 0 Å². The van der Waals surface area contributed by atoms with E-state index >= 15 is 0 Å². The molecule has 0 aliphatic carbocycles. The fourth-order valence-corrected chi connectivity index (χ4v) is 0.783. The van der Waals surface area contributed by atoms with Crippen LogP contribution in [-0.2, 0) is 11.8 Å². The highest BCUT2D eigenvalue weighted by Crippen LogP contribution is 1.97. The van der Waals surface area contributed by atoms with Crippen molar-refractivity contribution in [2.75, 3.05) is 7.05 Å². The lowest BCUT2D eigenvalue weighted by atomic mass is 10.2. The van der Waals surface area contributed by atoms with Gasteiger partial charge in [-0.2, -0.15) is 5.10 Å². The molecule has 1 rings (SSSR count). The third-order valence-corrected chi connectivity index (χ3v) is 1.40. The number of ketones is 1. The van der Waals surface area contributed by atoms with Crippen LogP contribution in [-0.4, -0.2) is 28.5 Å². The minimum Gasteiger partial charge on any atom is -0.352 e. The lowest BCUT2D eigenvalue weighted by molar-refractivity contribution is -0.116. The van der Waals surface area contributed by atoms with E-state index in [0.717, 1.165) is 0 Å². The summed E-state index contributed by atoms with van der Waals surface area (Å²) < 4.78 is 1.47. The summed E-state index contributed by atoms with van der Waals surface area (Å²) in [5, 5.41) is 6.02. The van der Waals surface area contributed by atoms with Gasteiger partial charge in [0.25, 0.3) is 11.7 Å². The van der Waals surface area contributed by atoms with Gasteiger partial charge < -0.3 is 5.32 Å². The van der Waals surface area contributed by atoms with Gasteiger partial charge in [0.2, 0.25) is 0 Å². The van der Waals surface area contributed by atoms with Gasteiger partial charge in [-0.25, -0.2) is 0 Å². The zero-order chi connectivity index (χ0) is 9.14. The second-order valence-corrected chi connectivity index (χ2v) is 2.31. The van der Waals surface area contributed by atoms with Crippen molar-refractivity contribution >= 4 is 11.7 Å². The van der Waals surface area contributed by atoms with Crippen molar-refractivity contribution in [1.82, 2.24) is 15.1 Å². The van der Waals surface area contributed by atoms with Crippen LogP contribution in [0.1, 0.15) is 10.4 Å². The second kappa shape index (κ2) is 3.17. The van der Waals surface area contributed by atoms with Gasteiger partial charge in [-0.05, 0) is 0 Å². The van der Waals surface area contributed by atoms with Crippen LogP contribution in [0.3, 0.4) is 0 Å². The van der Waals surface area contributed by atoms with E-state index < -0.39 is 11.7 Å². The Morgan fingerprint density at radius 1 is 1.58 bits per heavy atom. The molecule has 0 atom stereocenters. The van der Waals surface area contributed by atoms with Gasteiger partial charge in [0.15, 0.2) is 0 Å². The van der Waals surface area contributed by atoms with Crippen molar-refractivity contribution in [3.05, 3.63) is 18.0 Å². The fraction of sp³-hybridized carbons (Fsp3) is 0.286. The van der Waals surface area contributed by atoms with Crippen molar-refractivity contribution in [2.24, 2.45) is 7.05 Å². The minimum atomic E-state index is -0.622. The van der Waals surface area contributed by atoms with Crippen LogP contribution < -0.4 is 5.32 Å². The van der Waals surface area contributed by atoms with Gasteiger partial charge in [0.05, 0.1) is 11.8 Å². The summed E-state index contributed by atoms with van der Waals surface area (Å²) in [6.45, 7) is 0. The molecule has 0 aromatic carbocycles. The van der Waals surface area contributed by atoms with Gasteiger partial charge in [0.1, 0.15) is 0 Å². The quantitative estimate of drug-likeness (QED) is 0.470. The molecule has 0 unspecified atom stereocenters. The van der Waals surface area contributed by atoms with E-state index in [4.69, 9.17) is 0 Å². The summed E-state index contributed by atoms with van der Waals surface area (Å²) in [7, 11) is 3.09. The molecule has 0 saturated heterocycles. The Labute approximate surface area is 69.4 Å². The molecule has 1 aromatic rings. The Bertz CT molecular complexity index is 316. The molecule has 0 spiro atoms. The average molecular weight is 167 g/mol. The highest BCUT2D eigenvalue weighted by molar-refractivity contribution is 6.42. The van der Waals surface area contributed by atoms with Crippen LogP contribution >= 0.6 is 0 Å². The molecule has 1 heterocycles. The number of likely N-dealkylation sites (N-methyl/N-ethyl adjacent to an activating group) is 1. The molecule has 5 nitrogen and oxygen atoms in total. The molecule has 0 aliphatic heterocycles. The molecular formula is C7H9N3O2. The largest absolute Gasteiger partial charge is 0.352 e. The number of Topliss-reactive ketones (excluding diaryl/α,β-unsaturated/α-hetero) is 1. The normalized spacial score (nSPS) is 9.50. The predicted molar refractivity (Wildman–Crippen MR) is 41.6 cm³/mol. The monoisotopic (exact) mass is 167 g/mol. The van der Waals surface area contributed by atoms with E-state index in [2.05, 4.69) is 10.4 Å². The number of carbonyl (C=O) groups is 2. The highest BCUT2D eigenvalue weighted by atomic mass is 16.2. The first kappa shape index (κ1) is 8.45. The van der Waals surface area contributed by atoms with E-state index in [9.17, 15) is 9.59 Å². The summed E-state index contributed by atoms with van der Waals surface area (Å²) in [5.41, 5.74) is 0.303. The minimum absolute atomic E-state index is 0.303.